The van der Waals surface area contributed by atoms with Gasteiger partial charge in [-0.3, -0.25) is 0 Å². The first-order valence-corrected chi connectivity index (χ1v) is 7.15. The summed E-state index contributed by atoms with van der Waals surface area (Å²) in [5, 5.41) is 14.2. The number of hydrogen-bond donors (Lipinski definition) is 4. The Kier molecular flexibility index (Phi) is 5.14. The maximum Gasteiger partial charge on any atom is 0.326 e. The van der Waals surface area contributed by atoms with Crippen molar-refractivity contribution in [3.05, 3.63) is 46.1 Å². The Labute approximate surface area is 134 Å². The zero-order chi connectivity index (χ0) is 15.2. The second-order valence-electron chi connectivity index (χ2n) is 4.28. The van der Waals surface area contributed by atoms with Crippen LogP contribution in [-0.2, 0) is 11.2 Å². The van der Waals surface area contributed by atoms with Crippen molar-refractivity contribution in [3.63, 3.8) is 0 Å². The van der Waals surface area contributed by atoms with E-state index in [-0.39, 0.29) is 6.42 Å². The zero-order valence-corrected chi connectivity index (χ0v) is 13.0. The van der Waals surface area contributed by atoms with E-state index < -0.39 is 18.0 Å². The first kappa shape index (κ1) is 15.3. The van der Waals surface area contributed by atoms with Gasteiger partial charge in [-0.2, -0.15) is 0 Å². The fraction of sp³-hybridized carbons (Fsp3) is 0.154. The van der Waals surface area contributed by atoms with Crippen molar-refractivity contribution in [3.8, 4) is 0 Å². The third-order valence-corrected chi connectivity index (χ3v) is 3.40. The Morgan fingerprint density at radius 3 is 2.62 bits per heavy atom. The third kappa shape index (κ3) is 4.74. The lowest BCUT2D eigenvalue weighted by Gasteiger charge is -2.14. The molecule has 0 bridgehead atoms. The molecule has 8 heteroatoms. The van der Waals surface area contributed by atoms with Gasteiger partial charge in [0.05, 0.1) is 6.33 Å². The summed E-state index contributed by atoms with van der Waals surface area (Å²) in [6.45, 7) is 0. The van der Waals surface area contributed by atoms with Gasteiger partial charge in [0.25, 0.3) is 0 Å². The molecule has 2 rings (SSSR count). The van der Waals surface area contributed by atoms with Crippen LogP contribution >= 0.6 is 22.6 Å². The number of rotatable bonds is 5. The fourth-order valence-electron chi connectivity index (χ4n) is 1.67. The zero-order valence-electron chi connectivity index (χ0n) is 10.8. The number of nitrogens with zero attached hydrogens (tertiary/aromatic N) is 1. The van der Waals surface area contributed by atoms with Crippen LogP contribution in [-0.4, -0.2) is 33.1 Å². The highest BCUT2D eigenvalue weighted by Crippen LogP contribution is 2.11. The molecule has 0 saturated carbocycles. The Bertz CT molecular complexity index is 613. The van der Waals surface area contributed by atoms with Crippen LogP contribution in [0.5, 0.6) is 0 Å². The monoisotopic (exact) mass is 400 g/mol. The second-order valence-corrected chi connectivity index (χ2v) is 5.52. The number of nitrogens with one attached hydrogen (secondary N) is 3. The molecular formula is C13H13IN4O3. The standard InChI is InChI=1S/C13H13IN4O3/c14-8-1-3-9(4-2-8)17-13(21)18-11(12(19)20)5-10-6-15-7-16-10/h1-4,6-7,11H,5H2,(H,15,16)(H,19,20)(H2,17,18,21)/t11-/m1/s1. The fourth-order valence-corrected chi connectivity index (χ4v) is 2.03. The number of carbonyl (C=O) groups is 2. The minimum absolute atomic E-state index is 0.134. The Balaban J connectivity index is 1.95. The number of urea groups is 1. The van der Waals surface area contributed by atoms with Crippen LogP contribution < -0.4 is 10.6 Å². The van der Waals surface area contributed by atoms with E-state index in [4.69, 9.17) is 5.11 Å². The van der Waals surface area contributed by atoms with Gasteiger partial charge in [0.2, 0.25) is 0 Å². The van der Waals surface area contributed by atoms with E-state index in [0.29, 0.717) is 11.4 Å². The molecule has 21 heavy (non-hydrogen) atoms. The summed E-state index contributed by atoms with van der Waals surface area (Å²) in [6, 6.07) is 5.57. The second kappa shape index (κ2) is 7.07. The minimum atomic E-state index is -1.11. The van der Waals surface area contributed by atoms with Gasteiger partial charge in [-0.25, -0.2) is 14.6 Å². The van der Waals surface area contributed by atoms with Crippen molar-refractivity contribution >= 4 is 40.3 Å². The van der Waals surface area contributed by atoms with Gasteiger partial charge in [-0.05, 0) is 46.9 Å². The molecular weight excluding hydrogens is 387 g/mol. The summed E-state index contributed by atoms with van der Waals surface area (Å²) in [6.07, 6.45) is 3.12. The van der Waals surface area contributed by atoms with Crippen molar-refractivity contribution in [2.45, 2.75) is 12.5 Å². The van der Waals surface area contributed by atoms with Gasteiger partial charge in [0.15, 0.2) is 0 Å². The van der Waals surface area contributed by atoms with Crippen LogP contribution in [0.25, 0.3) is 0 Å². The van der Waals surface area contributed by atoms with Gasteiger partial charge < -0.3 is 20.7 Å². The number of H-pyrrole nitrogens is 1. The number of aliphatic carboxylic acids is 1. The van der Waals surface area contributed by atoms with Crippen LogP contribution in [0.4, 0.5) is 10.5 Å². The molecule has 0 aliphatic heterocycles. The van der Waals surface area contributed by atoms with Crippen molar-refractivity contribution in [2.75, 3.05) is 5.32 Å². The highest BCUT2D eigenvalue weighted by molar-refractivity contribution is 14.1. The predicted octanol–water partition coefficient (Wildman–Crippen LogP) is 1.83. The SMILES string of the molecule is O=C(Nc1ccc(I)cc1)N[C@H](Cc1cnc[nH]1)C(=O)O. The number of benzene rings is 1. The van der Waals surface area contributed by atoms with Crippen LogP contribution in [0.2, 0.25) is 0 Å². The van der Waals surface area contributed by atoms with Gasteiger partial charge in [-0.1, -0.05) is 0 Å². The maximum atomic E-state index is 11.8. The summed E-state index contributed by atoms with van der Waals surface area (Å²) in [7, 11) is 0. The average molecular weight is 400 g/mol. The first-order valence-electron chi connectivity index (χ1n) is 6.08. The van der Waals surface area contributed by atoms with E-state index in [9.17, 15) is 9.59 Å². The molecule has 2 amide bonds. The van der Waals surface area contributed by atoms with Crippen molar-refractivity contribution in [1.29, 1.82) is 0 Å². The van der Waals surface area contributed by atoms with Crippen LogP contribution in [0.3, 0.4) is 0 Å². The normalized spacial score (nSPS) is 11.7. The van der Waals surface area contributed by atoms with Gasteiger partial charge >= 0.3 is 12.0 Å². The number of aromatic nitrogens is 2. The molecule has 0 spiro atoms. The predicted molar refractivity (Wildman–Crippen MR) is 85.0 cm³/mol. The third-order valence-electron chi connectivity index (χ3n) is 2.68. The van der Waals surface area contributed by atoms with Crippen molar-refractivity contribution < 1.29 is 14.7 Å². The topological polar surface area (TPSA) is 107 Å². The average Bonchev–Trinajstić information content (AvgIpc) is 2.93. The molecule has 7 nitrogen and oxygen atoms in total. The lowest BCUT2D eigenvalue weighted by Crippen LogP contribution is -2.44. The molecule has 1 aromatic carbocycles. The van der Waals surface area contributed by atoms with E-state index in [0.717, 1.165) is 3.57 Å². The van der Waals surface area contributed by atoms with Crippen LogP contribution in [0, 0.1) is 3.57 Å². The molecule has 0 radical (unpaired) electrons. The van der Waals surface area contributed by atoms with Crippen molar-refractivity contribution in [1.82, 2.24) is 15.3 Å². The maximum absolute atomic E-state index is 11.8. The first-order chi connectivity index (χ1) is 10.0. The number of carbonyl (C=O) groups excluding carboxylic acids is 1. The number of hydrogen-bond acceptors (Lipinski definition) is 3. The molecule has 1 atom stereocenters. The summed E-state index contributed by atoms with van der Waals surface area (Å²) in [5.74, 6) is -1.11. The van der Waals surface area contributed by atoms with E-state index >= 15 is 0 Å². The number of amides is 2. The van der Waals surface area contributed by atoms with E-state index in [1.165, 1.54) is 12.5 Å². The highest BCUT2D eigenvalue weighted by atomic mass is 127. The molecule has 0 unspecified atom stereocenters. The van der Waals surface area contributed by atoms with Crippen molar-refractivity contribution in [2.24, 2.45) is 0 Å². The minimum Gasteiger partial charge on any atom is -0.480 e. The molecule has 2 aromatic rings. The number of carboxylic acid groups (broad SMARTS) is 1. The Hall–Kier alpha value is -2.10. The molecule has 0 aliphatic rings. The van der Waals surface area contributed by atoms with E-state index in [1.807, 2.05) is 12.1 Å². The van der Waals surface area contributed by atoms with E-state index in [1.54, 1.807) is 12.1 Å². The molecule has 1 aromatic heterocycles. The molecule has 0 saturated heterocycles. The molecule has 0 aliphatic carbocycles. The largest absolute Gasteiger partial charge is 0.480 e. The van der Waals surface area contributed by atoms with Gasteiger partial charge in [0, 0.05) is 27.6 Å². The summed E-state index contributed by atoms with van der Waals surface area (Å²) >= 11 is 2.16. The van der Waals surface area contributed by atoms with Crippen LogP contribution in [0.15, 0.2) is 36.8 Å². The molecule has 110 valence electrons. The number of imidazole rings is 1. The smallest absolute Gasteiger partial charge is 0.326 e. The Morgan fingerprint density at radius 1 is 1.33 bits per heavy atom. The van der Waals surface area contributed by atoms with E-state index in [2.05, 4.69) is 43.2 Å². The summed E-state index contributed by atoms with van der Waals surface area (Å²) < 4.78 is 1.04. The molecule has 0 fully saturated rings. The van der Waals surface area contributed by atoms with Gasteiger partial charge in [0.1, 0.15) is 6.04 Å². The lowest BCUT2D eigenvalue weighted by molar-refractivity contribution is -0.139. The quantitative estimate of drug-likeness (QED) is 0.575. The summed E-state index contributed by atoms with van der Waals surface area (Å²) in [5.41, 5.74) is 1.23. The summed E-state index contributed by atoms with van der Waals surface area (Å²) in [4.78, 5) is 29.6. The number of carboxylic acids is 1. The number of halogens is 1. The number of anilines is 1. The molecule has 4 N–H and O–H groups in total. The van der Waals surface area contributed by atoms with Gasteiger partial charge in [-0.15, -0.1) is 0 Å². The highest BCUT2D eigenvalue weighted by Gasteiger charge is 2.21. The lowest BCUT2D eigenvalue weighted by atomic mass is 10.2. The molecule has 1 heterocycles. The number of aromatic amines is 1. The van der Waals surface area contributed by atoms with Crippen LogP contribution in [0.1, 0.15) is 5.69 Å². The Morgan fingerprint density at radius 2 is 2.05 bits per heavy atom.